The molecule has 126 valence electrons. The number of hydrogen-bond donors (Lipinski definition) is 2. The fraction of sp³-hybridized carbons (Fsp3) is 0.105. The van der Waals surface area contributed by atoms with Gasteiger partial charge in [0.25, 0.3) is 11.8 Å². The first kappa shape index (κ1) is 16.4. The Bertz CT molecular complexity index is 916. The van der Waals surface area contributed by atoms with Crippen molar-refractivity contribution in [3.63, 3.8) is 0 Å². The lowest BCUT2D eigenvalue weighted by Gasteiger charge is -2.09. The zero-order valence-electron chi connectivity index (χ0n) is 14.0. The average molecular weight is 334 g/mol. The second kappa shape index (κ2) is 7.00. The molecule has 2 aromatic heterocycles. The van der Waals surface area contributed by atoms with Gasteiger partial charge in [-0.3, -0.25) is 9.59 Å². The van der Waals surface area contributed by atoms with Crippen molar-refractivity contribution in [2.45, 2.75) is 6.92 Å². The van der Waals surface area contributed by atoms with Gasteiger partial charge in [0.1, 0.15) is 11.5 Å². The minimum absolute atomic E-state index is 0.224. The predicted octanol–water partition coefficient (Wildman–Crippen LogP) is 3.23. The summed E-state index contributed by atoms with van der Waals surface area (Å²) in [4.78, 5) is 28.8. The maximum atomic E-state index is 12.4. The van der Waals surface area contributed by atoms with Crippen LogP contribution in [0.2, 0.25) is 0 Å². The van der Waals surface area contributed by atoms with Crippen LogP contribution >= 0.6 is 0 Å². The zero-order chi connectivity index (χ0) is 17.8. The first-order valence-electron chi connectivity index (χ1n) is 7.81. The first-order chi connectivity index (χ1) is 12.0. The average Bonchev–Trinajstić information content (AvgIpc) is 2.95. The fourth-order valence-electron chi connectivity index (χ4n) is 2.40. The second-order valence-corrected chi connectivity index (χ2v) is 5.62. The summed E-state index contributed by atoms with van der Waals surface area (Å²) < 4.78 is 1.81. The number of amides is 2. The van der Waals surface area contributed by atoms with Crippen LogP contribution in [0.5, 0.6) is 0 Å². The molecule has 0 saturated heterocycles. The van der Waals surface area contributed by atoms with Crippen molar-refractivity contribution < 1.29 is 9.59 Å². The van der Waals surface area contributed by atoms with Gasteiger partial charge in [0, 0.05) is 30.2 Å². The molecule has 2 heterocycles. The van der Waals surface area contributed by atoms with Crippen LogP contribution < -0.4 is 10.6 Å². The highest BCUT2D eigenvalue weighted by atomic mass is 16.2. The van der Waals surface area contributed by atoms with Gasteiger partial charge in [-0.15, -0.1) is 0 Å². The van der Waals surface area contributed by atoms with E-state index in [2.05, 4.69) is 15.6 Å². The lowest BCUT2D eigenvalue weighted by atomic mass is 10.2. The van der Waals surface area contributed by atoms with E-state index < -0.39 is 0 Å². The van der Waals surface area contributed by atoms with E-state index in [4.69, 9.17) is 0 Å². The molecule has 25 heavy (non-hydrogen) atoms. The minimum atomic E-state index is -0.287. The predicted molar refractivity (Wildman–Crippen MR) is 96.7 cm³/mol. The van der Waals surface area contributed by atoms with Gasteiger partial charge < -0.3 is 15.2 Å². The number of carbonyl (C=O) groups is 2. The van der Waals surface area contributed by atoms with E-state index in [1.54, 1.807) is 54.7 Å². The molecular weight excluding hydrogens is 316 g/mol. The maximum Gasteiger partial charge on any atom is 0.272 e. The number of anilines is 2. The molecule has 0 atom stereocenters. The highest BCUT2D eigenvalue weighted by Gasteiger charge is 2.12. The maximum absolute atomic E-state index is 12.4. The third kappa shape index (κ3) is 3.74. The lowest BCUT2D eigenvalue weighted by molar-refractivity contribution is 0.101. The molecule has 3 rings (SSSR count). The zero-order valence-corrected chi connectivity index (χ0v) is 14.0. The Morgan fingerprint density at radius 2 is 1.80 bits per heavy atom. The molecule has 0 aliphatic carbocycles. The molecule has 3 aromatic rings. The number of benzene rings is 1. The Morgan fingerprint density at radius 3 is 2.48 bits per heavy atom. The van der Waals surface area contributed by atoms with Crippen molar-refractivity contribution >= 4 is 23.3 Å². The van der Waals surface area contributed by atoms with Crippen molar-refractivity contribution in [1.29, 1.82) is 0 Å². The standard InChI is InChI=1S/C19H18N4O2/c1-13-9-10-16(23(13)2)19(25)21-15-7-5-6-14(12-15)18(24)22-17-8-3-4-11-20-17/h3-12H,1-2H3,(H,21,25)(H,20,22,24). The van der Waals surface area contributed by atoms with Crippen molar-refractivity contribution in [1.82, 2.24) is 9.55 Å². The summed E-state index contributed by atoms with van der Waals surface area (Å²) in [6, 6.07) is 15.7. The third-order valence-corrected chi connectivity index (χ3v) is 3.89. The largest absolute Gasteiger partial charge is 0.344 e. The number of hydrogen-bond acceptors (Lipinski definition) is 3. The van der Waals surface area contributed by atoms with E-state index in [0.29, 0.717) is 22.8 Å². The van der Waals surface area contributed by atoms with Gasteiger partial charge in [-0.2, -0.15) is 0 Å². The van der Waals surface area contributed by atoms with Crippen molar-refractivity contribution in [3.05, 3.63) is 77.7 Å². The number of rotatable bonds is 4. The molecule has 1 aromatic carbocycles. The molecular formula is C19H18N4O2. The molecule has 6 nitrogen and oxygen atoms in total. The van der Waals surface area contributed by atoms with Crippen LogP contribution in [0.1, 0.15) is 26.5 Å². The Labute approximate surface area is 145 Å². The lowest BCUT2D eigenvalue weighted by Crippen LogP contribution is -2.17. The molecule has 2 N–H and O–H groups in total. The van der Waals surface area contributed by atoms with Crippen LogP contribution in [0, 0.1) is 6.92 Å². The first-order valence-corrected chi connectivity index (χ1v) is 7.81. The molecule has 0 bridgehead atoms. The summed E-state index contributed by atoms with van der Waals surface area (Å²) in [6.45, 7) is 1.93. The second-order valence-electron chi connectivity index (χ2n) is 5.62. The molecule has 0 aliphatic heterocycles. The number of aryl methyl sites for hydroxylation is 1. The summed E-state index contributed by atoms with van der Waals surface area (Å²) in [5.74, 6) is -0.0383. The van der Waals surface area contributed by atoms with E-state index in [-0.39, 0.29) is 11.8 Å². The molecule has 0 saturated carbocycles. The van der Waals surface area contributed by atoms with Crippen LogP contribution in [0.3, 0.4) is 0 Å². The highest BCUT2D eigenvalue weighted by Crippen LogP contribution is 2.15. The van der Waals surface area contributed by atoms with E-state index in [1.165, 1.54) is 0 Å². The number of pyridine rings is 1. The summed E-state index contributed by atoms with van der Waals surface area (Å²) >= 11 is 0. The Morgan fingerprint density at radius 1 is 0.960 bits per heavy atom. The molecule has 0 unspecified atom stereocenters. The molecule has 0 aliphatic rings. The number of carbonyl (C=O) groups excluding carboxylic acids is 2. The van der Waals surface area contributed by atoms with E-state index in [1.807, 2.05) is 24.6 Å². The fourth-order valence-corrected chi connectivity index (χ4v) is 2.40. The van der Waals surface area contributed by atoms with Crippen molar-refractivity contribution in [3.8, 4) is 0 Å². The van der Waals surface area contributed by atoms with Crippen molar-refractivity contribution in [2.75, 3.05) is 10.6 Å². The van der Waals surface area contributed by atoms with Gasteiger partial charge in [-0.05, 0) is 49.4 Å². The van der Waals surface area contributed by atoms with Crippen LogP contribution in [0.15, 0.2) is 60.8 Å². The van der Waals surface area contributed by atoms with E-state index in [9.17, 15) is 9.59 Å². The highest BCUT2D eigenvalue weighted by molar-refractivity contribution is 6.06. The SMILES string of the molecule is Cc1ccc(C(=O)Nc2cccc(C(=O)Nc3ccccn3)c2)n1C. The Balaban J connectivity index is 1.74. The quantitative estimate of drug-likeness (QED) is 0.769. The van der Waals surface area contributed by atoms with Crippen LogP contribution in [0.25, 0.3) is 0 Å². The van der Waals surface area contributed by atoms with E-state index >= 15 is 0 Å². The third-order valence-electron chi connectivity index (χ3n) is 3.89. The van der Waals surface area contributed by atoms with Crippen molar-refractivity contribution in [2.24, 2.45) is 7.05 Å². The van der Waals surface area contributed by atoms with Gasteiger partial charge >= 0.3 is 0 Å². The minimum Gasteiger partial charge on any atom is -0.344 e. The molecule has 0 radical (unpaired) electrons. The smallest absolute Gasteiger partial charge is 0.272 e. The van der Waals surface area contributed by atoms with Gasteiger partial charge in [0.05, 0.1) is 0 Å². The Hall–Kier alpha value is -3.41. The summed E-state index contributed by atoms with van der Waals surface area (Å²) in [7, 11) is 1.83. The monoisotopic (exact) mass is 334 g/mol. The van der Waals surface area contributed by atoms with Gasteiger partial charge in [-0.1, -0.05) is 12.1 Å². The topological polar surface area (TPSA) is 76.0 Å². The molecule has 0 spiro atoms. The number of nitrogens with zero attached hydrogens (tertiary/aromatic N) is 2. The van der Waals surface area contributed by atoms with Gasteiger partial charge in [0.2, 0.25) is 0 Å². The molecule has 0 fully saturated rings. The normalized spacial score (nSPS) is 10.3. The summed E-state index contributed by atoms with van der Waals surface area (Å²) in [5.41, 5.74) is 2.54. The number of aromatic nitrogens is 2. The van der Waals surface area contributed by atoms with Gasteiger partial charge in [-0.25, -0.2) is 4.98 Å². The molecule has 2 amide bonds. The van der Waals surface area contributed by atoms with Crippen LogP contribution in [-0.4, -0.2) is 21.4 Å². The molecule has 6 heteroatoms. The van der Waals surface area contributed by atoms with E-state index in [0.717, 1.165) is 5.69 Å². The Kier molecular flexibility index (Phi) is 4.61. The van der Waals surface area contributed by atoms with Crippen LogP contribution in [0.4, 0.5) is 11.5 Å². The summed E-state index contributed by atoms with van der Waals surface area (Å²) in [6.07, 6.45) is 1.61. The number of nitrogens with one attached hydrogen (secondary N) is 2. The van der Waals surface area contributed by atoms with Gasteiger partial charge in [0.15, 0.2) is 0 Å². The van der Waals surface area contributed by atoms with Crippen LogP contribution in [-0.2, 0) is 7.05 Å². The summed E-state index contributed by atoms with van der Waals surface area (Å²) in [5, 5.41) is 5.53.